The van der Waals surface area contributed by atoms with E-state index in [0.717, 1.165) is 25.7 Å². The molecule has 1 aliphatic rings. The Hall–Kier alpha value is -1.89. The van der Waals surface area contributed by atoms with Crippen molar-refractivity contribution in [3.05, 3.63) is 21.4 Å². The topological polar surface area (TPSA) is 95.5 Å². The van der Waals surface area contributed by atoms with Gasteiger partial charge in [-0.15, -0.1) is 11.3 Å². The summed E-state index contributed by atoms with van der Waals surface area (Å²) in [6.45, 7) is -0.656. The highest BCUT2D eigenvalue weighted by atomic mass is 32.1. The summed E-state index contributed by atoms with van der Waals surface area (Å²) < 4.78 is 0. The van der Waals surface area contributed by atoms with Gasteiger partial charge in [0.05, 0.1) is 11.4 Å². The van der Waals surface area contributed by atoms with E-state index in [0.29, 0.717) is 4.88 Å². The van der Waals surface area contributed by atoms with Crippen LogP contribution in [0, 0.1) is 0 Å². The Morgan fingerprint density at radius 1 is 1.15 bits per heavy atom. The number of carbonyl (C=O) groups excluding carboxylic acids is 2. The van der Waals surface area contributed by atoms with Crippen molar-refractivity contribution in [1.29, 1.82) is 0 Å². The van der Waals surface area contributed by atoms with E-state index in [1.165, 1.54) is 21.8 Å². The van der Waals surface area contributed by atoms with Crippen molar-refractivity contribution < 1.29 is 19.5 Å². The number of rotatable bonds is 5. The monoisotopic (exact) mass is 296 g/mol. The second-order valence-electron chi connectivity index (χ2n) is 4.62. The van der Waals surface area contributed by atoms with Gasteiger partial charge in [-0.25, -0.2) is 0 Å². The molecule has 1 aliphatic carbocycles. The van der Waals surface area contributed by atoms with Crippen molar-refractivity contribution in [2.75, 3.05) is 13.1 Å². The molecule has 7 heteroatoms. The summed E-state index contributed by atoms with van der Waals surface area (Å²) in [4.78, 5) is 35.3. The third-order valence-electron chi connectivity index (χ3n) is 3.07. The molecule has 2 rings (SSSR count). The van der Waals surface area contributed by atoms with Crippen LogP contribution >= 0.6 is 11.3 Å². The first-order valence-corrected chi connectivity index (χ1v) is 7.26. The lowest BCUT2D eigenvalue weighted by Crippen LogP contribution is -2.38. The van der Waals surface area contributed by atoms with E-state index >= 15 is 0 Å². The number of hydrogen-bond acceptors (Lipinski definition) is 4. The molecule has 0 radical (unpaired) electrons. The van der Waals surface area contributed by atoms with Crippen LogP contribution in [0.1, 0.15) is 33.0 Å². The average Bonchev–Trinajstić information content (AvgIpc) is 2.86. The van der Waals surface area contributed by atoms with Gasteiger partial charge in [0.2, 0.25) is 5.91 Å². The summed E-state index contributed by atoms with van der Waals surface area (Å²) >= 11 is 1.48. The smallest absolute Gasteiger partial charge is 0.322 e. The number of carboxylic acid groups (broad SMARTS) is 1. The van der Waals surface area contributed by atoms with Crippen LogP contribution in [0.4, 0.5) is 0 Å². The summed E-state index contributed by atoms with van der Waals surface area (Å²) in [5.41, 5.74) is 1.24. The molecule has 6 nitrogen and oxygen atoms in total. The van der Waals surface area contributed by atoms with E-state index in [-0.39, 0.29) is 12.5 Å². The minimum Gasteiger partial charge on any atom is -0.480 e. The summed E-state index contributed by atoms with van der Waals surface area (Å²) in [6, 6.07) is 1.89. The normalized spacial score (nSPS) is 13.4. The van der Waals surface area contributed by atoms with Gasteiger partial charge in [-0.3, -0.25) is 14.4 Å². The Morgan fingerprint density at radius 2 is 1.90 bits per heavy atom. The number of carbonyl (C=O) groups is 3. The predicted octanol–water partition coefficient (Wildman–Crippen LogP) is 0.557. The van der Waals surface area contributed by atoms with E-state index in [1.807, 2.05) is 6.07 Å². The van der Waals surface area contributed by atoms with Crippen LogP contribution in [0.2, 0.25) is 0 Å². The minimum atomic E-state index is -1.12. The predicted molar refractivity (Wildman–Crippen MR) is 73.9 cm³/mol. The number of aryl methyl sites for hydroxylation is 2. The third-order valence-corrected chi connectivity index (χ3v) is 4.30. The summed E-state index contributed by atoms with van der Waals surface area (Å²) in [6.07, 6.45) is 4.35. The van der Waals surface area contributed by atoms with Crippen LogP contribution in [0.15, 0.2) is 6.07 Å². The van der Waals surface area contributed by atoms with Crippen molar-refractivity contribution in [3.8, 4) is 0 Å². The summed E-state index contributed by atoms with van der Waals surface area (Å²) in [5, 5.41) is 13.1. The largest absolute Gasteiger partial charge is 0.480 e. The fourth-order valence-corrected chi connectivity index (χ4v) is 3.26. The van der Waals surface area contributed by atoms with Gasteiger partial charge in [-0.1, -0.05) is 0 Å². The van der Waals surface area contributed by atoms with Crippen molar-refractivity contribution in [2.24, 2.45) is 0 Å². The molecule has 0 bridgehead atoms. The molecule has 0 atom stereocenters. The maximum absolute atomic E-state index is 11.9. The molecule has 1 heterocycles. The van der Waals surface area contributed by atoms with Gasteiger partial charge in [0.1, 0.15) is 6.54 Å². The highest BCUT2D eigenvalue weighted by Crippen LogP contribution is 2.29. The minimum absolute atomic E-state index is 0.214. The second-order valence-corrected chi connectivity index (χ2v) is 5.76. The lowest BCUT2D eigenvalue weighted by Gasteiger charge is -2.08. The number of hydrogen-bond donors (Lipinski definition) is 3. The van der Waals surface area contributed by atoms with Crippen LogP contribution in [0.5, 0.6) is 0 Å². The Balaban J connectivity index is 1.84. The molecule has 2 amide bonds. The summed E-state index contributed by atoms with van der Waals surface area (Å²) in [7, 11) is 0. The van der Waals surface area contributed by atoms with E-state index in [9.17, 15) is 14.4 Å². The van der Waals surface area contributed by atoms with Crippen molar-refractivity contribution in [3.63, 3.8) is 0 Å². The van der Waals surface area contributed by atoms with Crippen LogP contribution in [-0.2, 0) is 22.4 Å². The molecule has 0 saturated heterocycles. The lowest BCUT2D eigenvalue weighted by molar-refractivity contribution is -0.137. The molecule has 1 aromatic heterocycles. The number of amides is 2. The molecule has 0 unspecified atom stereocenters. The van der Waals surface area contributed by atoms with E-state index in [2.05, 4.69) is 10.6 Å². The van der Waals surface area contributed by atoms with E-state index in [4.69, 9.17) is 5.11 Å². The maximum atomic E-state index is 11.9. The Bertz CT molecular complexity index is 515. The fraction of sp³-hybridized carbons (Fsp3) is 0.462. The molecule has 1 aromatic rings. The van der Waals surface area contributed by atoms with Gasteiger partial charge in [0.15, 0.2) is 0 Å². The standard InChI is InChI=1S/C13H16N2O4S/c16-11(14-7-12(17)18)6-15-13(19)10-5-8-3-1-2-4-9(8)20-10/h5H,1-4,6-7H2,(H,14,16)(H,15,19)(H,17,18). The average molecular weight is 296 g/mol. The molecule has 0 saturated carbocycles. The van der Waals surface area contributed by atoms with Gasteiger partial charge in [0, 0.05) is 4.88 Å². The molecule has 3 N–H and O–H groups in total. The zero-order valence-corrected chi connectivity index (χ0v) is 11.7. The molecular formula is C13H16N2O4S. The number of nitrogens with one attached hydrogen (secondary N) is 2. The second kappa shape index (κ2) is 6.51. The van der Waals surface area contributed by atoms with Gasteiger partial charge < -0.3 is 15.7 Å². The first kappa shape index (κ1) is 14.5. The summed E-state index contributed by atoms with van der Waals surface area (Å²) in [5.74, 6) is -1.91. The zero-order chi connectivity index (χ0) is 14.5. The number of carboxylic acids is 1. The molecule has 0 aromatic carbocycles. The zero-order valence-electron chi connectivity index (χ0n) is 10.9. The Morgan fingerprint density at radius 3 is 2.60 bits per heavy atom. The van der Waals surface area contributed by atoms with Crippen molar-refractivity contribution in [2.45, 2.75) is 25.7 Å². The third kappa shape index (κ3) is 3.80. The van der Waals surface area contributed by atoms with Crippen LogP contribution in [-0.4, -0.2) is 36.0 Å². The molecule has 0 fully saturated rings. The molecule has 0 aliphatic heterocycles. The fourth-order valence-electron chi connectivity index (χ4n) is 2.09. The van der Waals surface area contributed by atoms with E-state index < -0.39 is 18.4 Å². The number of fused-ring (bicyclic) bond motifs is 1. The first-order chi connectivity index (χ1) is 9.56. The van der Waals surface area contributed by atoms with Gasteiger partial charge in [0.25, 0.3) is 5.91 Å². The highest BCUT2D eigenvalue weighted by molar-refractivity contribution is 7.14. The van der Waals surface area contributed by atoms with E-state index in [1.54, 1.807) is 0 Å². The van der Waals surface area contributed by atoms with Gasteiger partial charge in [-0.05, 0) is 37.3 Å². The first-order valence-electron chi connectivity index (χ1n) is 6.44. The highest BCUT2D eigenvalue weighted by Gasteiger charge is 2.17. The van der Waals surface area contributed by atoms with Gasteiger partial charge >= 0.3 is 5.97 Å². The van der Waals surface area contributed by atoms with Crippen LogP contribution in [0.25, 0.3) is 0 Å². The molecular weight excluding hydrogens is 280 g/mol. The number of aliphatic carboxylic acids is 1. The molecule has 108 valence electrons. The maximum Gasteiger partial charge on any atom is 0.322 e. The molecule has 20 heavy (non-hydrogen) atoms. The molecule has 0 spiro atoms. The SMILES string of the molecule is O=C(O)CNC(=O)CNC(=O)c1cc2c(s1)CCCC2. The quantitative estimate of drug-likeness (QED) is 0.739. The van der Waals surface area contributed by atoms with Gasteiger partial charge in [-0.2, -0.15) is 0 Å². The Kier molecular flexibility index (Phi) is 4.73. The van der Waals surface area contributed by atoms with Crippen molar-refractivity contribution in [1.82, 2.24) is 10.6 Å². The Labute approximate surface area is 120 Å². The number of thiophene rings is 1. The van der Waals surface area contributed by atoms with Crippen molar-refractivity contribution >= 4 is 29.1 Å². The van der Waals surface area contributed by atoms with Crippen LogP contribution in [0.3, 0.4) is 0 Å². The lowest BCUT2D eigenvalue weighted by atomic mass is 9.99. The van der Waals surface area contributed by atoms with Crippen LogP contribution < -0.4 is 10.6 Å².